The topological polar surface area (TPSA) is 64.7 Å². The van der Waals surface area contributed by atoms with Gasteiger partial charge in [0, 0.05) is 49.2 Å². The second-order valence-corrected chi connectivity index (χ2v) is 11.5. The molecule has 0 spiro atoms. The number of hydrogen-bond donors (Lipinski definition) is 2. The summed E-state index contributed by atoms with van der Waals surface area (Å²) in [5, 5.41) is 6.54. The number of amides is 2. The average Bonchev–Trinajstić information content (AvgIpc) is 3.40. The third-order valence-corrected chi connectivity index (χ3v) is 7.90. The van der Waals surface area contributed by atoms with E-state index in [1.807, 2.05) is 91.0 Å². The lowest BCUT2D eigenvalue weighted by molar-refractivity contribution is -0.110. The Morgan fingerprint density at radius 1 is 0.644 bits per heavy atom. The molecular formula is C39H36N4O2. The Morgan fingerprint density at radius 3 is 1.82 bits per heavy atom. The molecule has 1 heterocycles. The highest BCUT2D eigenvalue weighted by Crippen LogP contribution is 2.38. The van der Waals surface area contributed by atoms with Crippen molar-refractivity contribution in [3.63, 3.8) is 0 Å². The molecule has 2 N–H and O–H groups in total. The quantitative estimate of drug-likeness (QED) is 0.165. The maximum absolute atomic E-state index is 13.5. The molecule has 45 heavy (non-hydrogen) atoms. The van der Waals surface area contributed by atoms with E-state index in [0.29, 0.717) is 34.6 Å². The fraction of sp³-hybridized carbons (Fsp3) is 0.128. The molecule has 0 saturated heterocycles. The van der Waals surface area contributed by atoms with Gasteiger partial charge in [-0.3, -0.25) is 14.5 Å². The van der Waals surface area contributed by atoms with E-state index in [4.69, 9.17) is 0 Å². The van der Waals surface area contributed by atoms with Crippen molar-refractivity contribution in [3.8, 4) is 0 Å². The number of nitrogens with zero attached hydrogens (tertiary/aromatic N) is 2. The highest BCUT2D eigenvalue weighted by atomic mass is 16.2. The first-order valence-corrected chi connectivity index (χ1v) is 15.1. The van der Waals surface area contributed by atoms with Gasteiger partial charge in [0.05, 0.1) is 11.3 Å². The van der Waals surface area contributed by atoms with Gasteiger partial charge in [-0.1, -0.05) is 103 Å². The number of hydrogen-bond acceptors (Lipinski definition) is 4. The zero-order valence-corrected chi connectivity index (χ0v) is 25.5. The third-order valence-electron chi connectivity index (χ3n) is 7.90. The minimum Gasteiger partial charge on any atom is -0.354 e. The van der Waals surface area contributed by atoms with Crippen LogP contribution in [-0.4, -0.2) is 35.7 Å². The summed E-state index contributed by atoms with van der Waals surface area (Å²) in [7, 11) is 3.91. The van der Waals surface area contributed by atoms with Crippen LogP contribution in [-0.2, 0) is 24.4 Å². The first kappa shape index (κ1) is 29.6. The first-order chi connectivity index (χ1) is 21.9. The number of carbonyl (C=O) groups excluding carboxylic acids is 2. The van der Waals surface area contributed by atoms with Gasteiger partial charge >= 0.3 is 0 Å². The zero-order valence-electron chi connectivity index (χ0n) is 25.5. The van der Waals surface area contributed by atoms with Crippen LogP contribution in [0.1, 0.15) is 38.2 Å². The van der Waals surface area contributed by atoms with Crippen molar-refractivity contribution in [2.75, 3.05) is 24.7 Å². The SMILES string of the molecule is CN(Cc1ccccc1)Cc1ccc(N/C(=C2\C(=O)Nc3ccc(C(=O)N(C)Cc4ccccc4)cc32)c2ccccc2)cc1. The summed E-state index contributed by atoms with van der Waals surface area (Å²) in [6.45, 7) is 2.17. The number of carbonyl (C=O) groups is 2. The van der Waals surface area contributed by atoms with E-state index in [0.717, 1.165) is 29.9 Å². The molecule has 0 bridgehead atoms. The van der Waals surface area contributed by atoms with Crippen molar-refractivity contribution in [1.82, 2.24) is 9.80 Å². The fourth-order valence-corrected chi connectivity index (χ4v) is 5.68. The highest BCUT2D eigenvalue weighted by Gasteiger charge is 2.30. The lowest BCUT2D eigenvalue weighted by Crippen LogP contribution is -2.26. The Kier molecular flexibility index (Phi) is 8.85. The van der Waals surface area contributed by atoms with Crippen LogP contribution in [0.15, 0.2) is 133 Å². The Morgan fingerprint density at radius 2 is 1.20 bits per heavy atom. The smallest absolute Gasteiger partial charge is 0.258 e. The van der Waals surface area contributed by atoms with Crippen molar-refractivity contribution in [1.29, 1.82) is 0 Å². The number of benzene rings is 5. The van der Waals surface area contributed by atoms with E-state index < -0.39 is 0 Å². The zero-order chi connectivity index (χ0) is 31.2. The van der Waals surface area contributed by atoms with E-state index in [2.05, 4.69) is 59.0 Å². The molecule has 5 aromatic carbocycles. The molecular weight excluding hydrogens is 556 g/mol. The number of fused-ring (bicyclic) bond motifs is 1. The molecule has 0 atom stereocenters. The summed E-state index contributed by atoms with van der Waals surface area (Å²) in [6, 6.07) is 43.9. The van der Waals surface area contributed by atoms with E-state index in [9.17, 15) is 9.59 Å². The molecule has 0 saturated carbocycles. The van der Waals surface area contributed by atoms with Crippen LogP contribution in [0.25, 0.3) is 11.3 Å². The van der Waals surface area contributed by atoms with Crippen LogP contribution >= 0.6 is 0 Å². The molecule has 0 aliphatic carbocycles. The molecule has 0 fully saturated rings. The Bertz CT molecular complexity index is 1820. The van der Waals surface area contributed by atoms with Crippen molar-refractivity contribution in [3.05, 3.63) is 167 Å². The van der Waals surface area contributed by atoms with Crippen LogP contribution in [0.2, 0.25) is 0 Å². The van der Waals surface area contributed by atoms with Crippen LogP contribution in [0, 0.1) is 0 Å². The monoisotopic (exact) mass is 592 g/mol. The van der Waals surface area contributed by atoms with E-state index in [1.54, 1.807) is 18.0 Å². The van der Waals surface area contributed by atoms with Gasteiger partial charge in [-0.05, 0) is 59.6 Å². The Hall–Kier alpha value is -5.46. The summed E-state index contributed by atoms with van der Waals surface area (Å²) in [4.78, 5) is 30.9. The Balaban J connectivity index is 1.27. The minimum atomic E-state index is -0.210. The van der Waals surface area contributed by atoms with Gasteiger partial charge in [-0.25, -0.2) is 0 Å². The van der Waals surface area contributed by atoms with Crippen LogP contribution in [0.3, 0.4) is 0 Å². The molecule has 0 radical (unpaired) electrons. The summed E-state index contributed by atoms with van der Waals surface area (Å²) >= 11 is 0. The largest absolute Gasteiger partial charge is 0.354 e. The van der Waals surface area contributed by atoms with Crippen molar-refractivity contribution in [2.24, 2.45) is 0 Å². The third kappa shape index (κ3) is 7.03. The summed E-state index contributed by atoms with van der Waals surface area (Å²) < 4.78 is 0. The molecule has 6 heteroatoms. The van der Waals surface area contributed by atoms with Gasteiger partial charge in [0.2, 0.25) is 0 Å². The molecule has 0 aromatic heterocycles. The van der Waals surface area contributed by atoms with Gasteiger partial charge in [0.25, 0.3) is 11.8 Å². The molecule has 5 aromatic rings. The molecule has 2 amide bonds. The summed E-state index contributed by atoms with van der Waals surface area (Å²) in [6.07, 6.45) is 0. The van der Waals surface area contributed by atoms with Crippen molar-refractivity contribution < 1.29 is 9.59 Å². The number of rotatable bonds is 10. The molecule has 6 nitrogen and oxygen atoms in total. The van der Waals surface area contributed by atoms with Gasteiger partial charge in [0.1, 0.15) is 0 Å². The number of nitrogens with one attached hydrogen (secondary N) is 2. The molecule has 6 rings (SSSR count). The van der Waals surface area contributed by atoms with Crippen molar-refractivity contribution in [2.45, 2.75) is 19.6 Å². The predicted molar refractivity (Wildman–Crippen MR) is 182 cm³/mol. The normalized spacial score (nSPS) is 13.3. The predicted octanol–water partition coefficient (Wildman–Crippen LogP) is 7.52. The van der Waals surface area contributed by atoms with Gasteiger partial charge in [0.15, 0.2) is 0 Å². The van der Waals surface area contributed by atoms with Crippen LogP contribution in [0.5, 0.6) is 0 Å². The van der Waals surface area contributed by atoms with Gasteiger partial charge in [-0.15, -0.1) is 0 Å². The van der Waals surface area contributed by atoms with E-state index in [1.165, 1.54) is 11.1 Å². The fourth-order valence-electron chi connectivity index (χ4n) is 5.68. The lowest BCUT2D eigenvalue weighted by Gasteiger charge is -2.19. The van der Waals surface area contributed by atoms with E-state index in [-0.39, 0.29) is 11.8 Å². The lowest BCUT2D eigenvalue weighted by atomic mass is 9.98. The average molecular weight is 593 g/mol. The highest BCUT2D eigenvalue weighted by molar-refractivity contribution is 6.37. The summed E-state index contributed by atoms with van der Waals surface area (Å²) in [5.74, 6) is -0.319. The summed E-state index contributed by atoms with van der Waals surface area (Å²) in [5.41, 5.74) is 8.36. The maximum Gasteiger partial charge on any atom is 0.258 e. The van der Waals surface area contributed by atoms with Crippen LogP contribution < -0.4 is 10.6 Å². The first-order valence-electron chi connectivity index (χ1n) is 15.1. The standard InChI is InChI=1S/C39H36N4O2/c1-42(25-28-12-6-3-7-13-28)26-30-18-21-33(22-19-30)40-37(31-16-10-5-11-17-31)36-34-24-32(20-23-35(34)41-38(36)44)39(45)43(2)27-29-14-8-4-9-15-29/h3-24,40H,25-27H2,1-2H3,(H,41,44)/b37-36-. The molecule has 1 aliphatic heterocycles. The minimum absolute atomic E-state index is 0.109. The van der Waals surface area contributed by atoms with Crippen LogP contribution in [0.4, 0.5) is 11.4 Å². The maximum atomic E-state index is 13.5. The van der Waals surface area contributed by atoms with Gasteiger partial charge < -0.3 is 15.5 Å². The number of anilines is 2. The molecule has 1 aliphatic rings. The second-order valence-electron chi connectivity index (χ2n) is 11.5. The van der Waals surface area contributed by atoms with E-state index >= 15 is 0 Å². The van der Waals surface area contributed by atoms with Crippen molar-refractivity contribution >= 4 is 34.5 Å². The second kappa shape index (κ2) is 13.5. The molecule has 224 valence electrons. The van der Waals surface area contributed by atoms with Gasteiger partial charge in [-0.2, -0.15) is 0 Å². The molecule has 0 unspecified atom stereocenters. The Labute approximate surface area is 264 Å².